The first-order valence-corrected chi connectivity index (χ1v) is 4.41. The lowest BCUT2D eigenvalue weighted by Crippen LogP contribution is -2.02. The normalized spacial score (nSPS) is 10.4. The summed E-state index contributed by atoms with van der Waals surface area (Å²) in [5.41, 5.74) is 8.58. The molecule has 4 heteroatoms. The largest absolute Gasteiger partial charge is 0.399 e. The van der Waals surface area contributed by atoms with Crippen molar-refractivity contribution in [2.45, 2.75) is 13.8 Å². The molecule has 0 unspecified atom stereocenters. The maximum Gasteiger partial charge on any atom is 0.138 e. The predicted octanol–water partition coefficient (Wildman–Crippen LogP) is 1.47. The Labute approximate surface area is 82.4 Å². The smallest absolute Gasteiger partial charge is 0.138 e. The number of nitrogen functional groups attached to an aromatic ring is 1. The molecule has 0 aliphatic carbocycles. The number of nitrogens with zero attached hydrogens (tertiary/aromatic N) is 3. The van der Waals surface area contributed by atoms with Gasteiger partial charge in [-0.05, 0) is 31.5 Å². The van der Waals surface area contributed by atoms with Gasteiger partial charge in [0.2, 0.25) is 0 Å². The zero-order valence-electron chi connectivity index (χ0n) is 8.23. The molecule has 0 fully saturated rings. The standard InChI is InChI=1S/C10H12N4/c1-7-3-4-9(11)5-10(7)14-8(2)12-6-13-14/h3-6H,11H2,1-2H3. The van der Waals surface area contributed by atoms with Crippen LogP contribution in [0.25, 0.3) is 5.69 Å². The van der Waals surface area contributed by atoms with Gasteiger partial charge in [-0.3, -0.25) is 0 Å². The predicted molar refractivity (Wildman–Crippen MR) is 55.2 cm³/mol. The van der Waals surface area contributed by atoms with Crippen molar-refractivity contribution < 1.29 is 0 Å². The van der Waals surface area contributed by atoms with Gasteiger partial charge in [-0.1, -0.05) is 6.07 Å². The lowest BCUT2D eigenvalue weighted by Gasteiger charge is -2.07. The third-order valence-corrected chi connectivity index (χ3v) is 2.18. The number of aryl methyl sites for hydroxylation is 2. The molecule has 0 amide bonds. The molecular weight excluding hydrogens is 176 g/mol. The van der Waals surface area contributed by atoms with Gasteiger partial charge in [-0.2, -0.15) is 5.10 Å². The van der Waals surface area contributed by atoms with Crippen LogP contribution in [0.15, 0.2) is 24.5 Å². The number of aromatic nitrogens is 3. The van der Waals surface area contributed by atoms with Crippen LogP contribution in [0.3, 0.4) is 0 Å². The van der Waals surface area contributed by atoms with Crippen molar-refractivity contribution in [1.82, 2.24) is 14.8 Å². The molecule has 1 aromatic carbocycles. The minimum atomic E-state index is 0.737. The monoisotopic (exact) mass is 188 g/mol. The Hall–Kier alpha value is -1.84. The molecule has 2 rings (SSSR count). The first-order valence-electron chi connectivity index (χ1n) is 4.41. The van der Waals surface area contributed by atoms with Crippen LogP contribution in [0.2, 0.25) is 0 Å². The van der Waals surface area contributed by atoms with Gasteiger partial charge in [0.25, 0.3) is 0 Å². The number of rotatable bonds is 1. The van der Waals surface area contributed by atoms with Crippen molar-refractivity contribution in [1.29, 1.82) is 0 Å². The van der Waals surface area contributed by atoms with Gasteiger partial charge in [-0.25, -0.2) is 9.67 Å². The van der Waals surface area contributed by atoms with E-state index in [1.165, 1.54) is 6.33 Å². The third-order valence-electron chi connectivity index (χ3n) is 2.18. The summed E-state index contributed by atoms with van der Waals surface area (Å²) >= 11 is 0. The van der Waals surface area contributed by atoms with E-state index in [1.54, 1.807) is 4.68 Å². The van der Waals surface area contributed by atoms with Crippen molar-refractivity contribution in [3.8, 4) is 5.69 Å². The highest BCUT2D eigenvalue weighted by molar-refractivity contribution is 5.51. The van der Waals surface area contributed by atoms with Gasteiger partial charge in [0.1, 0.15) is 12.2 Å². The Morgan fingerprint density at radius 3 is 2.71 bits per heavy atom. The molecule has 0 saturated heterocycles. The minimum Gasteiger partial charge on any atom is -0.399 e. The number of hydrogen-bond acceptors (Lipinski definition) is 3. The zero-order valence-corrected chi connectivity index (χ0v) is 8.23. The van der Waals surface area contributed by atoms with E-state index in [1.807, 2.05) is 32.0 Å². The van der Waals surface area contributed by atoms with E-state index in [4.69, 9.17) is 5.73 Å². The molecule has 4 nitrogen and oxygen atoms in total. The molecule has 14 heavy (non-hydrogen) atoms. The molecule has 1 heterocycles. The van der Waals surface area contributed by atoms with Gasteiger partial charge < -0.3 is 5.73 Å². The quantitative estimate of drug-likeness (QED) is 0.689. The van der Waals surface area contributed by atoms with Crippen LogP contribution in [0.5, 0.6) is 0 Å². The summed E-state index contributed by atoms with van der Waals surface area (Å²) < 4.78 is 1.78. The Kier molecular flexibility index (Phi) is 1.96. The molecule has 0 atom stereocenters. The van der Waals surface area contributed by atoms with Crippen molar-refractivity contribution in [3.05, 3.63) is 35.9 Å². The lowest BCUT2D eigenvalue weighted by atomic mass is 10.2. The van der Waals surface area contributed by atoms with E-state index < -0.39 is 0 Å². The fourth-order valence-corrected chi connectivity index (χ4v) is 1.39. The van der Waals surface area contributed by atoms with Gasteiger partial charge >= 0.3 is 0 Å². The Morgan fingerprint density at radius 1 is 1.29 bits per heavy atom. The van der Waals surface area contributed by atoms with Crippen molar-refractivity contribution in [3.63, 3.8) is 0 Å². The van der Waals surface area contributed by atoms with Crippen LogP contribution in [-0.4, -0.2) is 14.8 Å². The summed E-state index contributed by atoms with van der Waals surface area (Å²) in [7, 11) is 0. The van der Waals surface area contributed by atoms with Crippen molar-refractivity contribution >= 4 is 5.69 Å². The van der Waals surface area contributed by atoms with Crippen molar-refractivity contribution in [2.75, 3.05) is 5.73 Å². The van der Waals surface area contributed by atoms with E-state index in [9.17, 15) is 0 Å². The molecule has 0 saturated carbocycles. The van der Waals surface area contributed by atoms with Gasteiger partial charge in [0.15, 0.2) is 0 Å². The number of nitrogens with two attached hydrogens (primary N) is 1. The molecule has 2 N–H and O–H groups in total. The summed E-state index contributed by atoms with van der Waals surface area (Å²) in [6.45, 7) is 3.94. The second kappa shape index (κ2) is 3.14. The van der Waals surface area contributed by atoms with Crippen LogP contribution < -0.4 is 5.73 Å². The Bertz CT molecular complexity index is 459. The van der Waals surface area contributed by atoms with Gasteiger partial charge in [0, 0.05) is 5.69 Å². The molecular formula is C10H12N4. The van der Waals surface area contributed by atoms with Gasteiger partial charge in [-0.15, -0.1) is 0 Å². The van der Waals surface area contributed by atoms with E-state index in [0.29, 0.717) is 0 Å². The Morgan fingerprint density at radius 2 is 2.07 bits per heavy atom. The first kappa shape index (κ1) is 8.74. The Balaban J connectivity index is 2.62. The zero-order chi connectivity index (χ0) is 10.1. The summed E-state index contributed by atoms with van der Waals surface area (Å²) in [5.74, 6) is 0.860. The van der Waals surface area contributed by atoms with Crippen molar-refractivity contribution in [2.24, 2.45) is 0 Å². The molecule has 0 aliphatic heterocycles. The van der Waals surface area contributed by atoms with Crippen LogP contribution in [0.4, 0.5) is 5.69 Å². The van der Waals surface area contributed by atoms with Crippen LogP contribution >= 0.6 is 0 Å². The molecule has 2 aromatic rings. The maximum atomic E-state index is 5.72. The fraction of sp³-hybridized carbons (Fsp3) is 0.200. The summed E-state index contributed by atoms with van der Waals surface area (Å²) in [4.78, 5) is 4.07. The fourth-order valence-electron chi connectivity index (χ4n) is 1.39. The highest BCUT2D eigenvalue weighted by Crippen LogP contribution is 2.17. The molecule has 0 bridgehead atoms. The molecule has 0 spiro atoms. The summed E-state index contributed by atoms with van der Waals surface area (Å²) in [6, 6.07) is 5.76. The highest BCUT2D eigenvalue weighted by atomic mass is 15.3. The number of anilines is 1. The second-order valence-electron chi connectivity index (χ2n) is 3.26. The minimum absolute atomic E-state index is 0.737. The van der Waals surface area contributed by atoms with Crippen LogP contribution in [0, 0.1) is 13.8 Å². The topological polar surface area (TPSA) is 56.7 Å². The molecule has 1 aromatic heterocycles. The van der Waals surface area contributed by atoms with E-state index in [0.717, 1.165) is 22.8 Å². The average Bonchev–Trinajstić information content (AvgIpc) is 2.56. The van der Waals surface area contributed by atoms with Gasteiger partial charge in [0.05, 0.1) is 5.69 Å². The summed E-state index contributed by atoms with van der Waals surface area (Å²) in [5, 5.41) is 4.14. The van der Waals surface area contributed by atoms with E-state index in [-0.39, 0.29) is 0 Å². The van der Waals surface area contributed by atoms with Crippen LogP contribution in [-0.2, 0) is 0 Å². The maximum absolute atomic E-state index is 5.72. The second-order valence-corrected chi connectivity index (χ2v) is 3.26. The van der Waals surface area contributed by atoms with Crippen LogP contribution in [0.1, 0.15) is 11.4 Å². The SMILES string of the molecule is Cc1ccc(N)cc1-n1ncnc1C. The first-order chi connectivity index (χ1) is 6.68. The lowest BCUT2D eigenvalue weighted by molar-refractivity contribution is 0.834. The average molecular weight is 188 g/mol. The highest BCUT2D eigenvalue weighted by Gasteiger charge is 2.05. The molecule has 72 valence electrons. The van der Waals surface area contributed by atoms with E-state index in [2.05, 4.69) is 10.1 Å². The number of hydrogen-bond donors (Lipinski definition) is 1. The molecule has 0 radical (unpaired) electrons. The third kappa shape index (κ3) is 1.35. The number of benzene rings is 1. The molecule has 0 aliphatic rings. The summed E-state index contributed by atoms with van der Waals surface area (Å²) in [6.07, 6.45) is 1.54. The van der Waals surface area contributed by atoms with E-state index >= 15 is 0 Å².